The van der Waals surface area contributed by atoms with Gasteiger partial charge in [0, 0.05) is 23.5 Å². The lowest BCUT2D eigenvalue weighted by molar-refractivity contribution is 0.102. The average Bonchev–Trinajstić information content (AvgIpc) is 3.38. The van der Waals surface area contributed by atoms with Crippen molar-refractivity contribution in [1.29, 1.82) is 0 Å². The molecule has 1 aromatic carbocycles. The molecule has 8 nitrogen and oxygen atoms in total. The molecule has 152 valence electrons. The summed E-state index contributed by atoms with van der Waals surface area (Å²) in [5, 5.41) is 6.94. The number of aromatic nitrogens is 5. The van der Waals surface area contributed by atoms with Crippen molar-refractivity contribution in [1.82, 2.24) is 24.7 Å². The smallest absolute Gasteiger partial charge is 0.275 e. The molecule has 0 unspecified atom stereocenters. The van der Waals surface area contributed by atoms with Crippen LogP contribution in [0.1, 0.15) is 42.6 Å². The van der Waals surface area contributed by atoms with Gasteiger partial charge in [-0.05, 0) is 36.8 Å². The van der Waals surface area contributed by atoms with Crippen LogP contribution in [0.2, 0.25) is 0 Å². The molecule has 0 bridgehead atoms. The number of imidazole rings is 1. The highest BCUT2D eigenvalue weighted by atomic mass is 16.5. The fourth-order valence-electron chi connectivity index (χ4n) is 2.88. The zero-order valence-electron chi connectivity index (χ0n) is 17.2. The van der Waals surface area contributed by atoms with Crippen LogP contribution in [0.3, 0.4) is 0 Å². The summed E-state index contributed by atoms with van der Waals surface area (Å²) in [6.07, 6.45) is 4.82. The number of amides is 1. The fourth-order valence-corrected chi connectivity index (χ4v) is 2.88. The van der Waals surface area contributed by atoms with Gasteiger partial charge in [0.25, 0.3) is 11.8 Å². The maximum atomic E-state index is 12.6. The third-order valence-corrected chi connectivity index (χ3v) is 4.45. The number of carbonyl (C=O) groups is 1. The standard InChI is InChI=1S/C22H22N6O2/c1-14-7-5-8-15(11-14)25-19(29)17-12-28(13-24-17)18-16(9-6-10-23-18)20-26-21(27-30-20)22(2,3)4/h5-13H,1-4H3,(H,25,29). The molecule has 0 aliphatic heterocycles. The van der Waals surface area contributed by atoms with Crippen LogP contribution in [0, 0.1) is 6.92 Å². The van der Waals surface area contributed by atoms with Gasteiger partial charge in [0.1, 0.15) is 12.0 Å². The van der Waals surface area contributed by atoms with Gasteiger partial charge in [0.2, 0.25) is 0 Å². The molecule has 1 N–H and O–H groups in total. The minimum Gasteiger partial charge on any atom is -0.334 e. The average molecular weight is 402 g/mol. The number of hydrogen-bond acceptors (Lipinski definition) is 6. The van der Waals surface area contributed by atoms with Crippen LogP contribution < -0.4 is 5.32 Å². The number of rotatable bonds is 4. The van der Waals surface area contributed by atoms with Crippen molar-refractivity contribution < 1.29 is 9.32 Å². The number of pyridine rings is 1. The molecule has 1 amide bonds. The van der Waals surface area contributed by atoms with Gasteiger partial charge in [0.05, 0.1) is 5.56 Å². The van der Waals surface area contributed by atoms with E-state index >= 15 is 0 Å². The van der Waals surface area contributed by atoms with Gasteiger partial charge in [-0.25, -0.2) is 9.97 Å². The maximum absolute atomic E-state index is 12.6. The van der Waals surface area contributed by atoms with Crippen molar-refractivity contribution in [2.45, 2.75) is 33.1 Å². The Morgan fingerprint density at radius 2 is 1.97 bits per heavy atom. The van der Waals surface area contributed by atoms with Gasteiger partial charge >= 0.3 is 0 Å². The molecule has 0 aliphatic carbocycles. The molecule has 0 fully saturated rings. The van der Waals surface area contributed by atoms with E-state index in [0.717, 1.165) is 5.56 Å². The Labute approximate surface area is 174 Å². The van der Waals surface area contributed by atoms with Gasteiger partial charge in [-0.2, -0.15) is 4.98 Å². The van der Waals surface area contributed by atoms with Gasteiger partial charge in [-0.1, -0.05) is 38.1 Å². The molecular formula is C22H22N6O2. The molecule has 0 radical (unpaired) electrons. The first-order valence-electron chi connectivity index (χ1n) is 9.53. The molecule has 0 saturated carbocycles. The quantitative estimate of drug-likeness (QED) is 0.550. The van der Waals surface area contributed by atoms with Crippen molar-refractivity contribution in [2.75, 3.05) is 5.32 Å². The van der Waals surface area contributed by atoms with Crippen molar-refractivity contribution in [3.8, 4) is 17.3 Å². The molecule has 4 rings (SSSR count). The van der Waals surface area contributed by atoms with Crippen LogP contribution in [0.25, 0.3) is 17.3 Å². The summed E-state index contributed by atoms with van der Waals surface area (Å²) < 4.78 is 7.14. The van der Waals surface area contributed by atoms with Crippen LogP contribution in [0.15, 0.2) is 59.6 Å². The molecule has 4 aromatic rings. The summed E-state index contributed by atoms with van der Waals surface area (Å²) in [5.74, 6) is 1.21. The number of carbonyl (C=O) groups excluding carboxylic acids is 1. The molecule has 3 aromatic heterocycles. The summed E-state index contributed by atoms with van der Waals surface area (Å²) in [6.45, 7) is 8.01. The van der Waals surface area contributed by atoms with E-state index in [-0.39, 0.29) is 17.0 Å². The van der Waals surface area contributed by atoms with Crippen molar-refractivity contribution in [2.24, 2.45) is 0 Å². The third kappa shape index (κ3) is 3.98. The Morgan fingerprint density at radius 1 is 1.13 bits per heavy atom. The van der Waals surface area contributed by atoms with Crippen LogP contribution in [0.5, 0.6) is 0 Å². The summed E-state index contributed by atoms with van der Waals surface area (Å²) in [4.78, 5) is 25.8. The Bertz CT molecular complexity index is 1200. The Balaban J connectivity index is 1.63. The molecule has 0 saturated heterocycles. The predicted molar refractivity (Wildman–Crippen MR) is 112 cm³/mol. The maximum Gasteiger partial charge on any atom is 0.275 e. The van der Waals surface area contributed by atoms with E-state index in [2.05, 4.69) is 25.4 Å². The summed E-state index contributed by atoms with van der Waals surface area (Å²) in [5.41, 5.74) is 2.47. The topological polar surface area (TPSA) is 98.7 Å². The van der Waals surface area contributed by atoms with E-state index < -0.39 is 0 Å². The van der Waals surface area contributed by atoms with Crippen LogP contribution in [-0.2, 0) is 5.41 Å². The van der Waals surface area contributed by atoms with Crippen molar-refractivity contribution in [3.63, 3.8) is 0 Å². The van der Waals surface area contributed by atoms with Gasteiger partial charge in [0.15, 0.2) is 11.6 Å². The Hall–Kier alpha value is -3.81. The van der Waals surface area contributed by atoms with Crippen molar-refractivity contribution >= 4 is 11.6 Å². The highest BCUT2D eigenvalue weighted by Crippen LogP contribution is 2.27. The van der Waals surface area contributed by atoms with Gasteiger partial charge in [-0.15, -0.1) is 0 Å². The molecule has 0 atom stereocenters. The predicted octanol–water partition coefficient (Wildman–Crippen LogP) is 4.18. The molecule has 8 heteroatoms. The summed E-state index contributed by atoms with van der Waals surface area (Å²) >= 11 is 0. The fraction of sp³-hybridized carbons (Fsp3) is 0.227. The van der Waals surface area contributed by atoms with Crippen LogP contribution in [0.4, 0.5) is 5.69 Å². The molecule has 30 heavy (non-hydrogen) atoms. The van der Waals surface area contributed by atoms with Crippen LogP contribution >= 0.6 is 0 Å². The third-order valence-electron chi connectivity index (χ3n) is 4.45. The van der Waals surface area contributed by atoms with E-state index in [1.807, 2.05) is 58.0 Å². The van der Waals surface area contributed by atoms with E-state index in [9.17, 15) is 4.79 Å². The Kier molecular flexibility index (Phi) is 4.91. The van der Waals surface area contributed by atoms with E-state index in [1.165, 1.54) is 6.33 Å². The van der Waals surface area contributed by atoms with E-state index in [1.54, 1.807) is 23.0 Å². The minimum atomic E-state index is -0.301. The number of nitrogens with one attached hydrogen (secondary N) is 1. The van der Waals surface area contributed by atoms with Crippen LogP contribution in [-0.4, -0.2) is 30.6 Å². The zero-order valence-corrected chi connectivity index (χ0v) is 17.2. The van der Waals surface area contributed by atoms with Gasteiger partial charge < -0.3 is 9.84 Å². The highest BCUT2D eigenvalue weighted by Gasteiger charge is 2.23. The second-order valence-electron chi connectivity index (χ2n) is 8.04. The first-order valence-corrected chi connectivity index (χ1v) is 9.53. The Morgan fingerprint density at radius 3 is 2.70 bits per heavy atom. The lowest BCUT2D eigenvalue weighted by Gasteiger charge is -2.11. The normalized spacial score (nSPS) is 11.5. The lowest BCUT2D eigenvalue weighted by Crippen LogP contribution is -2.13. The highest BCUT2D eigenvalue weighted by molar-refractivity contribution is 6.02. The number of aryl methyl sites for hydroxylation is 1. The molecule has 0 aliphatic rings. The number of benzene rings is 1. The molecule has 3 heterocycles. The first-order chi connectivity index (χ1) is 14.3. The number of hydrogen-bond donors (Lipinski definition) is 1. The van der Waals surface area contributed by atoms with E-state index in [4.69, 9.17) is 4.52 Å². The van der Waals surface area contributed by atoms with E-state index in [0.29, 0.717) is 28.8 Å². The largest absolute Gasteiger partial charge is 0.334 e. The van der Waals surface area contributed by atoms with Gasteiger partial charge in [-0.3, -0.25) is 9.36 Å². The molecular weight excluding hydrogens is 380 g/mol. The lowest BCUT2D eigenvalue weighted by atomic mass is 9.96. The van der Waals surface area contributed by atoms with Crippen molar-refractivity contribution in [3.05, 3.63) is 72.2 Å². The second kappa shape index (κ2) is 7.55. The number of anilines is 1. The zero-order chi connectivity index (χ0) is 21.3. The first kappa shape index (κ1) is 19.5. The second-order valence-corrected chi connectivity index (χ2v) is 8.04. The summed E-state index contributed by atoms with van der Waals surface area (Å²) in [6, 6.07) is 11.2. The monoisotopic (exact) mass is 402 g/mol. The number of nitrogens with zero attached hydrogens (tertiary/aromatic N) is 5. The SMILES string of the molecule is Cc1cccc(NC(=O)c2cn(-c3ncccc3-c3nc(C(C)(C)C)no3)cn2)c1. The minimum absolute atomic E-state index is 0.236. The molecule has 0 spiro atoms. The summed E-state index contributed by atoms with van der Waals surface area (Å²) in [7, 11) is 0.